The highest BCUT2D eigenvalue weighted by atomic mass is 16.5. The SMILES string of the molecule is COC[C@@H]1CN(c2c(C#N)cnc3ccccc23)C[C@H]1c1cnn(C)c1. The molecule has 1 saturated heterocycles. The summed E-state index contributed by atoms with van der Waals surface area (Å²) in [5, 5.41) is 15.0. The van der Waals surface area contributed by atoms with Crippen LogP contribution in [-0.4, -0.2) is 41.6 Å². The van der Waals surface area contributed by atoms with Crippen molar-refractivity contribution in [2.24, 2.45) is 13.0 Å². The lowest BCUT2D eigenvalue weighted by Crippen LogP contribution is -2.22. The lowest BCUT2D eigenvalue weighted by molar-refractivity contribution is 0.153. The molecule has 0 spiro atoms. The zero-order chi connectivity index (χ0) is 18.1. The van der Waals surface area contributed by atoms with Crippen molar-refractivity contribution in [3.05, 3.63) is 54.0 Å². The highest BCUT2D eigenvalue weighted by Crippen LogP contribution is 2.39. The number of benzene rings is 1. The van der Waals surface area contributed by atoms with Crippen molar-refractivity contribution in [2.45, 2.75) is 5.92 Å². The first-order valence-electron chi connectivity index (χ1n) is 8.71. The van der Waals surface area contributed by atoms with Gasteiger partial charge in [-0.3, -0.25) is 9.67 Å². The summed E-state index contributed by atoms with van der Waals surface area (Å²) >= 11 is 0. The average Bonchev–Trinajstić information content (AvgIpc) is 3.27. The van der Waals surface area contributed by atoms with Gasteiger partial charge in [-0.15, -0.1) is 0 Å². The Hall–Kier alpha value is -2.91. The molecule has 2 aromatic heterocycles. The van der Waals surface area contributed by atoms with Crippen LogP contribution in [0.15, 0.2) is 42.9 Å². The lowest BCUT2D eigenvalue weighted by atomic mass is 9.92. The summed E-state index contributed by atoms with van der Waals surface area (Å²) in [4.78, 5) is 6.74. The molecule has 0 amide bonds. The standard InChI is InChI=1S/C20H21N5O/c1-24-10-15(9-23-24)18-12-25(11-16(18)13-26-2)20-14(7-21)8-22-19-6-4-3-5-17(19)20/h3-6,8-10,16,18H,11-13H2,1-2H3/t16-,18-/m0/s1. The van der Waals surface area contributed by atoms with Gasteiger partial charge in [0.1, 0.15) is 6.07 Å². The number of nitrogens with zero attached hydrogens (tertiary/aromatic N) is 5. The van der Waals surface area contributed by atoms with Crippen LogP contribution in [0, 0.1) is 17.2 Å². The van der Waals surface area contributed by atoms with Gasteiger partial charge >= 0.3 is 0 Å². The van der Waals surface area contributed by atoms with E-state index in [2.05, 4.69) is 27.2 Å². The molecule has 0 N–H and O–H groups in total. The van der Waals surface area contributed by atoms with E-state index < -0.39 is 0 Å². The predicted octanol–water partition coefficient (Wildman–Crippen LogP) is 2.71. The Morgan fingerprint density at radius 3 is 2.85 bits per heavy atom. The molecule has 4 rings (SSSR count). The number of pyridine rings is 1. The molecule has 0 saturated carbocycles. The van der Waals surface area contributed by atoms with E-state index in [4.69, 9.17) is 4.74 Å². The molecular formula is C20H21N5O. The van der Waals surface area contributed by atoms with E-state index in [1.807, 2.05) is 42.2 Å². The Morgan fingerprint density at radius 1 is 1.27 bits per heavy atom. The summed E-state index contributed by atoms with van der Waals surface area (Å²) in [6.07, 6.45) is 5.69. The third-order valence-corrected chi connectivity index (χ3v) is 5.16. The van der Waals surface area contributed by atoms with Crippen LogP contribution in [0.4, 0.5) is 5.69 Å². The van der Waals surface area contributed by atoms with Crippen molar-refractivity contribution < 1.29 is 4.74 Å². The molecule has 0 aliphatic carbocycles. The third kappa shape index (κ3) is 2.80. The second kappa shape index (κ2) is 6.77. The summed E-state index contributed by atoms with van der Waals surface area (Å²) in [5.41, 5.74) is 3.72. The number of rotatable bonds is 4. The van der Waals surface area contributed by atoms with Crippen molar-refractivity contribution in [1.82, 2.24) is 14.8 Å². The van der Waals surface area contributed by atoms with Crippen LogP contribution in [-0.2, 0) is 11.8 Å². The van der Waals surface area contributed by atoms with Gasteiger partial charge in [0.15, 0.2) is 0 Å². The van der Waals surface area contributed by atoms with Gasteiger partial charge in [0.2, 0.25) is 0 Å². The molecular weight excluding hydrogens is 326 g/mol. The zero-order valence-corrected chi connectivity index (χ0v) is 15.0. The minimum atomic E-state index is 0.321. The third-order valence-electron chi connectivity index (χ3n) is 5.16. The second-order valence-corrected chi connectivity index (χ2v) is 6.82. The van der Waals surface area contributed by atoms with E-state index in [-0.39, 0.29) is 0 Å². The van der Waals surface area contributed by atoms with Gasteiger partial charge < -0.3 is 9.64 Å². The van der Waals surface area contributed by atoms with Crippen LogP contribution in [0.3, 0.4) is 0 Å². The number of anilines is 1. The molecule has 1 fully saturated rings. The maximum absolute atomic E-state index is 9.64. The van der Waals surface area contributed by atoms with E-state index in [1.54, 1.807) is 13.3 Å². The van der Waals surface area contributed by atoms with Crippen molar-refractivity contribution >= 4 is 16.6 Å². The molecule has 0 unspecified atom stereocenters. The first kappa shape index (κ1) is 16.6. The van der Waals surface area contributed by atoms with Gasteiger partial charge in [0.05, 0.1) is 29.6 Å². The zero-order valence-electron chi connectivity index (χ0n) is 15.0. The summed E-state index contributed by atoms with van der Waals surface area (Å²) in [6, 6.07) is 10.3. The largest absolute Gasteiger partial charge is 0.384 e. The minimum absolute atomic E-state index is 0.321. The molecule has 132 valence electrons. The number of methoxy groups -OCH3 is 1. The molecule has 2 atom stereocenters. The van der Waals surface area contributed by atoms with Crippen molar-refractivity contribution in [3.63, 3.8) is 0 Å². The molecule has 1 aliphatic heterocycles. The van der Waals surface area contributed by atoms with Gasteiger partial charge in [0, 0.05) is 56.9 Å². The highest BCUT2D eigenvalue weighted by Gasteiger charge is 2.36. The molecule has 1 aliphatic rings. The van der Waals surface area contributed by atoms with Gasteiger partial charge in [-0.2, -0.15) is 10.4 Å². The van der Waals surface area contributed by atoms with Crippen LogP contribution in [0.5, 0.6) is 0 Å². The Bertz CT molecular complexity index is 974. The predicted molar refractivity (Wildman–Crippen MR) is 100.0 cm³/mol. The van der Waals surface area contributed by atoms with E-state index in [9.17, 15) is 5.26 Å². The molecule has 6 nitrogen and oxygen atoms in total. The fraction of sp³-hybridized carbons (Fsp3) is 0.350. The number of nitriles is 1. The molecule has 26 heavy (non-hydrogen) atoms. The number of aryl methyl sites for hydroxylation is 1. The molecule has 3 heterocycles. The van der Waals surface area contributed by atoms with E-state index in [0.29, 0.717) is 24.0 Å². The molecule has 6 heteroatoms. The van der Waals surface area contributed by atoms with E-state index in [0.717, 1.165) is 29.7 Å². The lowest BCUT2D eigenvalue weighted by Gasteiger charge is -2.21. The molecule has 0 bridgehead atoms. The molecule has 0 radical (unpaired) electrons. The van der Waals surface area contributed by atoms with Gasteiger partial charge in [0.25, 0.3) is 0 Å². The summed E-state index contributed by atoms with van der Waals surface area (Å²) in [5.74, 6) is 0.671. The topological polar surface area (TPSA) is 67.0 Å². The van der Waals surface area contributed by atoms with Gasteiger partial charge in [-0.1, -0.05) is 18.2 Å². The number of hydrogen-bond donors (Lipinski definition) is 0. The normalized spacial score (nSPS) is 19.8. The van der Waals surface area contributed by atoms with Gasteiger partial charge in [-0.25, -0.2) is 0 Å². The fourth-order valence-electron chi connectivity index (χ4n) is 4.00. The smallest absolute Gasteiger partial charge is 0.103 e. The first-order chi connectivity index (χ1) is 12.7. The monoisotopic (exact) mass is 347 g/mol. The van der Waals surface area contributed by atoms with Crippen LogP contribution >= 0.6 is 0 Å². The Morgan fingerprint density at radius 2 is 2.12 bits per heavy atom. The van der Waals surface area contributed by atoms with E-state index in [1.165, 1.54) is 5.56 Å². The first-order valence-corrected chi connectivity index (χ1v) is 8.71. The van der Waals surface area contributed by atoms with Gasteiger partial charge in [-0.05, 0) is 11.6 Å². The number of para-hydroxylation sites is 1. The van der Waals surface area contributed by atoms with Crippen molar-refractivity contribution in [1.29, 1.82) is 5.26 Å². The Labute approximate surface area is 152 Å². The number of aromatic nitrogens is 3. The van der Waals surface area contributed by atoms with Crippen LogP contribution < -0.4 is 4.90 Å². The number of ether oxygens (including phenoxy) is 1. The maximum Gasteiger partial charge on any atom is 0.103 e. The number of hydrogen-bond acceptors (Lipinski definition) is 5. The van der Waals surface area contributed by atoms with Crippen LogP contribution in [0.25, 0.3) is 10.9 Å². The Kier molecular flexibility index (Phi) is 4.31. The summed E-state index contributed by atoms with van der Waals surface area (Å²) in [6.45, 7) is 2.36. The quantitative estimate of drug-likeness (QED) is 0.726. The fourth-order valence-corrected chi connectivity index (χ4v) is 4.00. The number of fused-ring (bicyclic) bond motifs is 1. The second-order valence-electron chi connectivity index (χ2n) is 6.82. The van der Waals surface area contributed by atoms with Crippen LogP contribution in [0.1, 0.15) is 17.0 Å². The van der Waals surface area contributed by atoms with Crippen molar-refractivity contribution in [3.8, 4) is 6.07 Å². The highest BCUT2D eigenvalue weighted by molar-refractivity contribution is 5.94. The summed E-state index contributed by atoms with van der Waals surface area (Å²) in [7, 11) is 3.68. The molecule has 1 aromatic carbocycles. The van der Waals surface area contributed by atoms with Crippen molar-refractivity contribution in [2.75, 3.05) is 31.7 Å². The van der Waals surface area contributed by atoms with Crippen LogP contribution in [0.2, 0.25) is 0 Å². The molecule has 3 aromatic rings. The maximum atomic E-state index is 9.64. The summed E-state index contributed by atoms with van der Waals surface area (Å²) < 4.78 is 7.32. The average molecular weight is 347 g/mol. The minimum Gasteiger partial charge on any atom is -0.384 e. The van der Waals surface area contributed by atoms with E-state index >= 15 is 0 Å². The Balaban J connectivity index is 1.77.